The van der Waals surface area contributed by atoms with E-state index < -0.39 is 10.0 Å². The number of rotatable bonds is 3. The van der Waals surface area contributed by atoms with Crippen molar-refractivity contribution in [2.24, 2.45) is 0 Å². The van der Waals surface area contributed by atoms with Crippen LogP contribution in [0.5, 0.6) is 0 Å². The van der Waals surface area contributed by atoms with E-state index in [0.29, 0.717) is 43.0 Å². The molecule has 1 saturated heterocycles. The molecule has 1 aliphatic heterocycles. The predicted molar refractivity (Wildman–Crippen MR) is 83.9 cm³/mol. The van der Waals surface area contributed by atoms with Crippen LogP contribution in [0.15, 0.2) is 23.1 Å². The molecule has 2 N–H and O–H groups in total. The normalized spacial score (nSPS) is 16.0. The molecule has 9 heteroatoms. The summed E-state index contributed by atoms with van der Waals surface area (Å²) in [7, 11) is -3.41. The number of fused-ring (bicyclic) bond motifs is 1. The lowest BCUT2D eigenvalue weighted by atomic mass is 10.2. The number of H-pyrrole nitrogens is 1. The van der Waals surface area contributed by atoms with Crippen LogP contribution in [-0.2, 0) is 14.8 Å². The number of ether oxygens (including phenoxy) is 1. The van der Waals surface area contributed by atoms with Crippen molar-refractivity contribution >= 4 is 32.4 Å². The Bertz CT molecular complexity index is 856. The molecule has 0 radical (unpaired) electrons. The molecule has 3 rings (SSSR count). The summed E-state index contributed by atoms with van der Waals surface area (Å²) in [6.07, 6.45) is 2.44. The van der Waals surface area contributed by atoms with E-state index in [1.807, 2.05) is 4.90 Å². The Hall–Kier alpha value is -2.13. The van der Waals surface area contributed by atoms with E-state index in [0.717, 1.165) is 6.26 Å². The number of anilines is 2. The highest BCUT2D eigenvalue weighted by Gasteiger charge is 2.14. The van der Waals surface area contributed by atoms with Gasteiger partial charge in [0.1, 0.15) is 5.82 Å². The number of nitrogens with one attached hydrogen (secondary N) is 2. The maximum atomic E-state index is 12.2. The molecule has 0 spiro atoms. The Morgan fingerprint density at radius 1 is 1.32 bits per heavy atom. The van der Waals surface area contributed by atoms with Crippen LogP contribution in [-0.4, -0.2) is 50.9 Å². The van der Waals surface area contributed by atoms with Crippen molar-refractivity contribution in [3.8, 4) is 0 Å². The van der Waals surface area contributed by atoms with Gasteiger partial charge in [-0.3, -0.25) is 14.5 Å². The average molecular weight is 324 g/mol. The fourth-order valence-electron chi connectivity index (χ4n) is 2.37. The zero-order valence-corrected chi connectivity index (χ0v) is 12.8. The Morgan fingerprint density at radius 3 is 2.73 bits per heavy atom. The third-order valence-corrected chi connectivity index (χ3v) is 3.94. The lowest BCUT2D eigenvalue weighted by Gasteiger charge is -2.28. The maximum Gasteiger partial charge on any atom is 0.259 e. The molecule has 3 heterocycles. The molecular formula is C13H16N4O4S. The van der Waals surface area contributed by atoms with Crippen LogP contribution < -0.4 is 15.2 Å². The third-order valence-electron chi connectivity index (χ3n) is 3.33. The highest BCUT2D eigenvalue weighted by atomic mass is 32.2. The minimum Gasteiger partial charge on any atom is -0.378 e. The maximum absolute atomic E-state index is 12.2. The first kappa shape index (κ1) is 14.8. The summed E-state index contributed by atoms with van der Waals surface area (Å²) in [5.41, 5.74) is 0.479. The van der Waals surface area contributed by atoms with Crippen molar-refractivity contribution in [1.82, 2.24) is 9.97 Å². The Kier molecular flexibility index (Phi) is 3.75. The fraction of sp³-hybridized carbons (Fsp3) is 0.385. The summed E-state index contributed by atoms with van der Waals surface area (Å²) in [6.45, 7) is 2.64. The summed E-state index contributed by atoms with van der Waals surface area (Å²) in [5, 5.41) is 0.339. The number of aromatic amines is 1. The van der Waals surface area contributed by atoms with Crippen molar-refractivity contribution in [2.45, 2.75) is 0 Å². The first-order chi connectivity index (χ1) is 10.4. The molecule has 2 aromatic heterocycles. The van der Waals surface area contributed by atoms with Crippen LogP contribution in [0, 0.1) is 0 Å². The first-order valence-electron chi connectivity index (χ1n) is 6.76. The quantitative estimate of drug-likeness (QED) is 0.832. The summed E-state index contributed by atoms with van der Waals surface area (Å²) in [6, 6.07) is 3.26. The lowest BCUT2D eigenvalue weighted by molar-refractivity contribution is 0.122. The van der Waals surface area contributed by atoms with Crippen molar-refractivity contribution < 1.29 is 13.2 Å². The molecule has 0 unspecified atom stereocenters. The summed E-state index contributed by atoms with van der Waals surface area (Å²) in [4.78, 5) is 21.2. The van der Waals surface area contributed by atoms with Gasteiger partial charge in [0, 0.05) is 19.2 Å². The number of nitrogens with zero attached hydrogens (tertiary/aromatic N) is 2. The first-order valence-corrected chi connectivity index (χ1v) is 8.65. The van der Waals surface area contributed by atoms with E-state index in [-0.39, 0.29) is 11.2 Å². The summed E-state index contributed by atoms with van der Waals surface area (Å²) in [5.74, 6) is 0.692. The van der Waals surface area contributed by atoms with E-state index >= 15 is 0 Å². The van der Waals surface area contributed by atoms with Gasteiger partial charge >= 0.3 is 0 Å². The lowest BCUT2D eigenvalue weighted by Crippen LogP contribution is -2.37. The van der Waals surface area contributed by atoms with Gasteiger partial charge in [-0.05, 0) is 6.07 Å². The van der Waals surface area contributed by atoms with Gasteiger partial charge < -0.3 is 14.6 Å². The van der Waals surface area contributed by atoms with E-state index in [1.165, 1.54) is 12.3 Å². The van der Waals surface area contributed by atoms with Gasteiger partial charge in [-0.2, -0.15) is 0 Å². The molecule has 2 aromatic rings. The highest BCUT2D eigenvalue weighted by Crippen LogP contribution is 2.19. The van der Waals surface area contributed by atoms with Crippen LogP contribution in [0.3, 0.4) is 0 Å². The topological polar surface area (TPSA) is 104 Å². The molecule has 0 aromatic carbocycles. The van der Waals surface area contributed by atoms with Crippen molar-refractivity contribution in [3.05, 3.63) is 28.7 Å². The Morgan fingerprint density at radius 2 is 2.05 bits per heavy atom. The number of hydrogen-bond acceptors (Lipinski definition) is 6. The highest BCUT2D eigenvalue weighted by molar-refractivity contribution is 7.92. The van der Waals surface area contributed by atoms with Gasteiger partial charge in [0.15, 0.2) is 0 Å². The molecule has 0 bridgehead atoms. The molecular weight excluding hydrogens is 308 g/mol. The molecule has 1 aliphatic rings. The van der Waals surface area contributed by atoms with Gasteiger partial charge in [-0.1, -0.05) is 0 Å². The average Bonchev–Trinajstić information content (AvgIpc) is 2.47. The number of aromatic nitrogens is 2. The van der Waals surface area contributed by atoms with E-state index in [4.69, 9.17) is 4.74 Å². The molecule has 22 heavy (non-hydrogen) atoms. The number of morpholine rings is 1. The summed E-state index contributed by atoms with van der Waals surface area (Å²) < 4.78 is 30.1. The van der Waals surface area contributed by atoms with Gasteiger partial charge in [0.2, 0.25) is 10.0 Å². The van der Waals surface area contributed by atoms with Crippen LogP contribution in [0.2, 0.25) is 0 Å². The second kappa shape index (κ2) is 5.58. The number of pyridine rings is 2. The van der Waals surface area contributed by atoms with Crippen LogP contribution in [0.25, 0.3) is 10.9 Å². The van der Waals surface area contributed by atoms with Gasteiger partial charge in [0.25, 0.3) is 5.56 Å². The molecule has 0 atom stereocenters. The predicted octanol–water partition coefficient (Wildman–Crippen LogP) is 0.131. The van der Waals surface area contributed by atoms with E-state index in [9.17, 15) is 13.2 Å². The molecule has 0 amide bonds. The second-order valence-electron chi connectivity index (χ2n) is 5.11. The monoisotopic (exact) mass is 324 g/mol. The Balaban J connectivity index is 2.01. The van der Waals surface area contributed by atoms with Crippen molar-refractivity contribution in [3.63, 3.8) is 0 Å². The number of sulfonamides is 1. The van der Waals surface area contributed by atoms with E-state index in [2.05, 4.69) is 14.7 Å². The van der Waals surface area contributed by atoms with Gasteiger partial charge in [-0.15, -0.1) is 0 Å². The van der Waals surface area contributed by atoms with Crippen molar-refractivity contribution in [2.75, 3.05) is 42.2 Å². The third kappa shape index (κ3) is 3.20. The summed E-state index contributed by atoms with van der Waals surface area (Å²) >= 11 is 0. The second-order valence-corrected chi connectivity index (χ2v) is 6.86. The van der Waals surface area contributed by atoms with Crippen LogP contribution in [0.4, 0.5) is 11.5 Å². The molecule has 8 nitrogen and oxygen atoms in total. The molecule has 118 valence electrons. The van der Waals surface area contributed by atoms with Gasteiger partial charge in [-0.25, -0.2) is 8.42 Å². The SMILES string of the molecule is CS(=O)(=O)Nc1cnc2cc(N3CCOCC3)[nH]c(=O)c2c1. The zero-order valence-electron chi connectivity index (χ0n) is 12.0. The standard InChI is InChI=1S/C13H16N4O4S/c1-22(19,20)16-9-6-10-11(14-8-9)7-12(15-13(10)18)17-2-4-21-5-3-17/h6-8,16H,2-5H2,1H3,(H,15,18). The van der Waals surface area contributed by atoms with Crippen LogP contribution >= 0.6 is 0 Å². The number of hydrogen-bond donors (Lipinski definition) is 2. The zero-order chi connectivity index (χ0) is 15.7. The van der Waals surface area contributed by atoms with Crippen LogP contribution in [0.1, 0.15) is 0 Å². The largest absolute Gasteiger partial charge is 0.378 e. The molecule has 0 saturated carbocycles. The minimum atomic E-state index is -3.41. The van der Waals surface area contributed by atoms with E-state index in [1.54, 1.807) is 6.07 Å². The minimum absolute atomic E-state index is 0.264. The van der Waals surface area contributed by atoms with Gasteiger partial charge in [0.05, 0.1) is 42.3 Å². The fourth-order valence-corrected chi connectivity index (χ4v) is 2.91. The Labute approximate surface area is 127 Å². The molecule has 1 fully saturated rings. The smallest absolute Gasteiger partial charge is 0.259 e. The molecule has 0 aliphatic carbocycles. The van der Waals surface area contributed by atoms with Crippen molar-refractivity contribution in [1.29, 1.82) is 0 Å².